The molecule has 3 heterocycles. The van der Waals surface area contributed by atoms with Crippen LogP contribution in [0.25, 0.3) is 0 Å². The highest BCUT2D eigenvalue weighted by molar-refractivity contribution is 5.94. The Bertz CT molecular complexity index is 751. The summed E-state index contributed by atoms with van der Waals surface area (Å²) in [5.74, 6) is 1.45. The van der Waals surface area contributed by atoms with Gasteiger partial charge in [0.05, 0.1) is 6.10 Å². The van der Waals surface area contributed by atoms with E-state index in [0.29, 0.717) is 24.6 Å². The van der Waals surface area contributed by atoms with Gasteiger partial charge in [-0.1, -0.05) is 0 Å². The standard InChI is InChI=1S/C23H34N4O3/c1-16-9-20(10-17(2)25-16)23(29)24-11-21-14-27(22(28)15-30-21)13-19-5-7-26(8-6-19)12-18-3-4-18/h9-10,18-19,21H,3-8,11-15H2,1-2H3,(H,24,29)/t21-/m1/s1. The molecule has 0 bridgehead atoms. The zero-order chi connectivity index (χ0) is 21.1. The second-order valence-electron chi connectivity index (χ2n) is 9.27. The summed E-state index contributed by atoms with van der Waals surface area (Å²) < 4.78 is 5.68. The molecule has 1 atom stereocenters. The number of hydrogen-bond acceptors (Lipinski definition) is 5. The molecule has 3 fully saturated rings. The maximum absolute atomic E-state index is 12.5. The van der Waals surface area contributed by atoms with E-state index < -0.39 is 0 Å². The molecule has 1 aliphatic carbocycles. The number of carbonyl (C=O) groups excluding carboxylic acids is 2. The molecule has 0 aromatic carbocycles. The van der Waals surface area contributed by atoms with Crippen LogP contribution in [0.4, 0.5) is 0 Å². The molecule has 7 heteroatoms. The fourth-order valence-electron chi connectivity index (χ4n) is 4.58. The molecule has 2 aliphatic heterocycles. The van der Waals surface area contributed by atoms with Crippen molar-refractivity contribution in [2.45, 2.75) is 45.6 Å². The van der Waals surface area contributed by atoms with Gasteiger partial charge in [-0.05, 0) is 76.6 Å². The average molecular weight is 415 g/mol. The van der Waals surface area contributed by atoms with Crippen molar-refractivity contribution in [3.05, 3.63) is 29.1 Å². The Hall–Kier alpha value is -1.99. The molecule has 0 unspecified atom stereocenters. The summed E-state index contributed by atoms with van der Waals surface area (Å²) in [6, 6.07) is 3.57. The number of carbonyl (C=O) groups is 2. The number of morpholine rings is 1. The molecule has 2 amide bonds. The molecule has 7 nitrogen and oxygen atoms in total. The van der Waals surface area contributed by atoms with Gasteiger partial charge in [0.1, 0.15) is 6.61 Å². The molecular formula is C23H34N4O3. The summed E-state index contributed by atoms with van der Waals surface area (Å²) >= 11 is 0. The van der Waals surface area contributed by atoms with Crippen LogP contribution in [-0.2, 0) is 9.53 Å². The first-order valence-electron chi connectivity index (χ1n) is 11.3. The minimum absolute atomic E-state index is 0.0679. The molecule has 30 heavy (non-hydrogen) atoms. The fraction of sp³-hybridized carbons (Fsp3) is 0.696. The largest absolute Gasteiger partial charge is 0.365 e. The molecule has 4 rings (SSSR count). The Labute approximate surface area is 179 Å². The molecule has 1 N–H and O–H groups in total. The van der Waals surface area contributed by atoms with Crippen molar-refractivity contribution in [2.24, 2.45) is 11.8 Å². The minimum Gasteiger partial charge on any atom is -0.365 e. The zero-order valence-electron chi connectivity index (χ0n) is 18.2. The van der Waals surface area contributed by atoms with Crippen molar-refractivity contribution in [3.63, 3.8) is 0 Å². The Kier molecular flexibility index (Phi) is 6.68. The quantitative estimate of drug-likeness (QED) is 0.736. The van der Waals surface area contributed by atoms with Crippen molar-refractivity contribution < 1.29 is 14.3 Å². The summed E-state index contributed by atoms with van der Waals surface area (Å²) in [5, 5.41) is 2.96. The van der Waals surface area contributed by atoms with Crippen LogP contribution in [0.2, 0.25) is 0 Å². The van der Waals surface area contributed by atoms with Gasteiger partial charge in [0.25, 0.3) is 5.91 Å². The minimum atomic E-state index is -0.161. The van der Waals surface area contributed by atoms with Gasteiger partial charge >= 0.3 is 0 Å². The number of likely N-dealkylation sites (tertiary alicyclic amines) is 1. The lowest BCUT2D eigenvalue weighted by atomic mass is 9.95. The van der Waals surface area contributed by atoms with Gasteiger partial charge in [-0.3, -0.25) is 14.6 Å². The number of pyridine rings is 1. The lowest BCUT2D eigenvalue weighted by molar-refractivity contribution is -0.149. The predicted molar refractivity (Wildman–Crippen MR) is 114 cm³/mol. The van der Waals surface area contributed by atoms with E-state index in [1.54, 1.807) is 12.1 Å². The van der Waals surface area contributed by atoms with E-state index in [1.807, 2.05) is 18.7 Å². The predicted octanol–water partition coefficient (Wildman–Crippen LogP) is 1.78. The van der Waals surface area contributed by atoms with E-state index in [0.717, 1.165) is 36.9 Å². The molecule has 1 aromatic rings. The van der Waals surface area contributed by atoms with Crippen molar-refractivity contribution in [1.82, 2.24) is 20.1 Å². The second-order valence-corrected chi connectivity index (χ2v) is 9.27. The maximum atomic E-state index is 12.5. The van der Waals surface area contributed by atoms with Crippen molar-refractivity contribution in [1.29, 1.82) is 0 Å². The van der Waals surface area contributed by atoms with E-state index in [4.69, 9.17) is 4.74 Å². The van der Waals surface area contributed by atoms with E-state index in [1.165, 1.54) is 32.2 Å². The number of aromatic nitrogens is 1. The van der Waals surface area contributed by atoms with Gasteiger partial charge in [0.2, 0.25) is 5.91 Å². The first kappa shape index (κ1) is 21.2. The summed E-state index contributed by atoms with van der Waals surface area (Å²) in [7, 11) is 0. The number of piperidine rings is 1. The van der Waals surface area contributed by atoms with Gasteiger partial charge in [-0.15, -0.1) is 0 Å². The molecule has 0 spiro atoms. The highest BCUT2D eigenvalue weighted by atomic mass is 16.5. The number of nitrogens with one attached hydrogen (secondary N) is 1. The number of rotatable bonds is 7. The van der Waals surface area contributed by atoms with Gasteiger partial charge in [0.15, 0.2) is 0 Å². The van der Waals surface area contributed by atoms with Gasteiger partial charge in [-0.25, -0.2) is 0 Å². The van der Waals surface area contributed by atoms with Crippen LogP contribution in [0, 0.1) is 25.7 Å². The number of amides is 2. The number of ether oxygens (including phenoxy) is 1. The van der Waals surface area contributed by atoms with E-state index in [2.05, 4.69) is 15.2 Å². The van der Waals surface area contributed by atoms with E-state index in [-0.39, 0.29) is 24.5 Å². The van der Waals surface area contributed by atoms with Crippen LogP contribution < -0.4 is 5.32 Å². The van der Waals surface area contributed by atoms with Crippen molar-refractivity contribution in [2.75, 3.05) is 45.9 Å². The lowest BCUT2D eigenvalue weighted by Gasteiger charge is -2.38. The van der Waals surface area contributed by atoms with E-state index in [9.17, 15) is 9.59 Å². The zero-order valence-corrected chi connectivity index (χ0v) is 18.2. The molecule has 164 valence electrons. The van der Waals surface area contributed by atoms with Gasteiger partial charge < -0.3 is 19.9 Å². The van der Waals surface area contributed by atoms with Crippen molar-refractivity contribution >= 4 is 11.8 Å². The van der Waals surface area contributed by atoms with Crippen LogP contribution in [0.1, 0.15) is 47.4 Å². The highest BCUT2D eigenvalue weighted by Gasteiger charge is 2.31. The summed E-state index contributed by atoms with van der Waals surface area (Å²) in [6.07, 6.45) is 4.98. The maximum Gasteiger partial charge on any atom is 0.251 e. The first-order valence-corrected chi connectivity index (χ1v) is 11.3. The van der Waals surface area contributed by atoms with Crippen LogP contribution >= 0.6 is 0 Å². The second kappa shape index (κ2) is 9.43. The van der Waals surface area contributed by atoms with Crippen LogP contribution in [0.15, 0.2) is 12.1 Å². The normalized spacial score (nSPS) is 23.6. The molecular weight excluding hydrogens is 380 g/mol. The Morgan fingerprint density at radius 1 is 1.10 bits per heavy atom. The monoisotopic (exact) mass is 414 g/mol. The fourth-order valence-corrected chi connectivity index (χ4v) is 4.58. The lowest BCUT2D eigenvalue weighted by Crippen LogP contribution is -2.52. The molecule has 2 saturated heterocycles. The first-order chi connectivity index (χ1) is 14.5. The molecule has 1 saturated carbocycles. The van der Waals surface area contributed by atoms with Crippen molar-refractivity contribution in [3.8, 4) is 0 Å². The molecule has 3 aliphatic rings. The average Bonchev–Trinajstić information content (AvgIpc) is 3.53. The third-order valence-corrected chi connectivity index (χ3v) is 6.45. The number of aryl methyl sites for hydroxylation is 2. The molecule has 0 radical (unpaired) electrons. The Morgan fingerprint density at radius 2 is 1.77 bits per heavy atom. The Balaban J connectivity index is 1.23. The summed E-state index contributed by atoms with van der Waals surface area (Å²) in [6.45, 7) is 9.22. The smallest absolute Gasteiger partial charge is 0.251 e. The Morgan fingerprint density at radius 3 is 2.43 bits per heavy atom. The highest BCUT2D eigenvalue weighted by Crippen LogP contribution is 2.31. The summed E-state index contributed by atoms with van der Waals surface area (Å²) in [4.78, 5) is 33.7. The molecule has 1 aromatic heterocycles. The number of hydrogen-bond donors (Lipinski definition) is 1. The van der Waals surface area contributed by atoms with Gasteiger partial charge in [0, 0.05) is 43.1 Å². The topological polar surface area (TPSA) is 74.8 Å². The van der Waals surface area contributed by atoms with E-state index >= 15 is 0 Å². The summed E-state index contributed by atoms with van der Waals surface area (Å²) in [5.41, 5.74) is 2.27. The third kappa shape index (κ3) is 5.79. The van der Waals surface area contributed by atoms with Crippen LogP contribution in [0.3, 0.4) is 0 Å². The van der Waals surface area contributed by atoms with Gasteiger partial charge in [-0.2, -0.15) is 0 Å². The van der Waals surface area contributed by atoms with Crippen LogP contribution in [-0.4, -0.2) is 78.6 Å². The SMILES string of the molecule is Cc1cc(C(=O)NC[C@@H]2CN(CC3CCN(CC4CC4)CC3)C(=O)CO2)cc(C)n1. The van der Waals surface area contributed by atoms with Crippen LogP contribution in [0.5, 0.6) is 0 Å². The number of nitrogens with zero attached hydrogens (tertiary/aromatic N) is 3. The third-order valence-electron chi connectivity index (χ3n) is 6.45.